The van der Waals surface area contributed by atoms with Crippen LogP contribution in [0.1, 0.15) is 12.5 Å². The molecule has 1 N–H and O–H groups in total. The van der Waals surface area contributed by atoms with Gasteiger partial charge in [0.2, 0.25) is 0 Å². The molecule has 0 saturated heterocycles. The van der Waals surface area contributed by atoms with E-state index in [1.54, 1.807) is 12.4 Å². The third kappa shape index (κ3) is 3.55. The van der Waals surface area contributed by atoms with E-state index in [1.807, 2.05) is 24.3 Å². The Kier molecular flexibility index (Phi) is 4.73. The molecule has 18 heavy (non-hydrogen) atoms. The number of nitrogens with one attached hydrogen (secondary N) is 1. The molecule has 1 aromatic carbocycles. The summed E-state index contributed by atoms with van der Waals surface area (Å²) < 4.78 is 6.76. The van der Waals surface area contributed by atoms with Gasteiger partial charge >= 0.3 is 0 Å². The minimum absolute atomic E-state index is 0.730. The van der Waals surface area contributed by atoms with Crippen molar-refractivity contribution in [3.8, 4) is 11.5 Å². The number of ether oxygens (including phenoxy) is 1. The molecule has 0 bridgehead atoms. The normalized spacial score (nSPS) is 10.3. The van der Waals surface area contributed by atoms with E-state index >= 15 is 0 Å². The van der Waals surface area contributed by atoms with Gasteiger partial charge in [-0.25, -0.2) is 0 Å². The van der Waals surface area contributed by atoms with E-state index in [0.29, 0.717) is 0 Å². The molecular weight excluding hydrogens is 292 g/mol. The van der Waals surface area contributed by atoms with E-state index in [-0.39, 0.29) is 0 Å². The number of benzene rings is 1. The van der Waals surface area contributed by atoms with Crippen molar-refractivity contribution in [2.75, 3.05) is 6.54 Å². The molecule has 0 atom stereocenters. The Bertz CT molecular complexity index is 517. The van der Waals surface area contributed by atoms with Crippen molar-refractivity contribution in [3.63, 3.8) is 0 Å². The third-order valence-corrected chi connectivity index (χ3v) is 2.88. The lowest BCUT2D eigenvalue weighted by atomic mass is 10.2. The molecule has 2 aromatic rings. The maximum atomic E-state index is 5.85. The summed E-state index contributed by atoms with van der Waals surface area (Å²) in [5.41, 5.74) is 1.14. The van der Waals surface area contributed by atoms with Crippen molar-refractivity contribution in [1.29, 1.82) is 0 Å². The summed E-state index contributed by atoms with van der Waals surface area (Å²) in [5.74, 6) is 1.59. The van der Waals surface area contributed by atoms with Crippen LogP contribution in [0.3, 0.4) is 0 Å². The first-order chi connectivity index (χ1) is 8.79. The van der Waals surface area contributed by atoms with Crippen molar-refractivity contribution < 1.29 is 4.74 Å². The highest BCUT2D eigenvalue weighted by molar-refractivity contribution is 9.10. The fourth-order valence-corrected chi connectivity index (χ4v) is 1.93. The lowest BCUT2D eigenvalue weighted by molar-refractivity contribution is 0.470. The van der Waals surface area contributed by atoms with Crippen LogP contribution in [0.15, 0.2) is 47.2 Å². The first-order valence-electron chi connectivity index (χ1n) is 5.86. The summed E-state index contributed by atoms with van der Waals surface area (Å²) in [6.45, 7) is 3.82. The largest absolute Gasteiger partial charge is 0.455 e. The second-order valence-electron chi connectivity index (χ2n) is 3.83. The quantitative estimate of drug-likeness (QED) is 0.913. The zero-order valence-electron chi connectivity index (χ0n) is 10.2. The fourth-order valence-electron chi connectivity index (χ4n) is 1.58. The van der Waals surface area contributed by atoms with Gasteiger partial charge in [-0.3, -0.25) is 4.98 Å². The van der Waals surface area contributed by atoms with Crippen LogP contribution >= 0.6 is 15.9 Å². The Balaban J connectivity index is 2.17. The molecule has 0 saturated carbocycles. The zero-order chi connectivity index (χ0) is 12.8. The van der Waals surface area contributed by atoms with Crippen LogP contribution < -0.4 is 10.1 Å². The molecule has 2 rings (SSSR count). The van der Waals surface area contributed by atoms with E-state index in [1.165, 1.54) is 0 Å². The summed E-state index contributed by atoms with van der Waals surface area (Å²) >= 11 is 3.38. The standard InChI is InChI=1S/C14H15BrN2O/c1-2-16-8-11-5-3-4-6-14(11)18-13-7-12(15)9-17-10-13/h3-7,9-10,16H,2,8H2,1H3. The number of rotatable bonds is 5. The molecule has 0 aliphatic rings. The summed E-state index contributed by atoms with van der Waals surface area (Å²) in [7, 11) is 0. The van der Waals surface area contributed by atoms with Gasteiger partial charge in [0.15, 0.2) is 0 Å². The Morgan fingerprint density at radius 3 is 2.89 bits per heavy atom. The maximum Gasteiger partial charge on any atom is 0.146 e. The van der Waals surface area contributed by atoms with Crippen molar-refractivity contribution in [2.24, 2.45) is 0 Å². The lowest BCUT2D eigenvalue weighted by Crippen LogP contribution is -2.12. The van der Waals surface area contributed by atoms with E-state index in [0.717, 1.165) is 34.6 Å². The topological polar surface area (TPSA) is 34.1 Å². The summed E-state index contributed by atoms with van der Waals surface area (Å²) in [6.07, 6.45) is 3.44. The molecule has 3 nitrogen and oxygen atoms in total. The molecule has 1 aromatic heterocycles. The molecular formula is C14H15BrN2O. The van der Waals surface area contributed by atoms with Gasteiger partial charge in [-0.05, 0) is 34.6 Å². The highest BCUT2D eigenvalue weighted by atomic mass is 79.9. The molecule has 0 spiro atoms. The monoisotopic (exact) mass is 306 g/mol. The first-order valence-corrected chi connectivity index (χ1v) is 6.66. The maximum absolute atomic E-state index is 5.85. The number of hydrogen-bond donors (Lipinski definition) is 1. The number of pyridine rings is 1. The number of hydrogen-bond acceptors (Lipinski definition) is 3. The minimum Gasteiger partial charge on any atom is -0.455 e. The molecule has 0 fully saturated rings. The van der Waals surface area contributed by atoms with E-state index in [2.05, 4.69) is 39.2 Å². The van der Waals surface area contributed by atoms with Gasteiger partial charge in [-0.15, -0.1) is 0 Å². The SMILES string of the molecule is CCNCc1ccccc1Oc1cncc(Br)c1. The molecule has 1 heterocycles. The second-order valence-corrected chi connectivity index (χ2v) is 4.74. The predicted molar refractivity (Wildman–Crippen MR) is 75.8 cm³/mol. The summed E-state index contributed by atoms with van der Waals surface area (Å²) in [4.78, 5) is 4.08. The fraction of sp³-hybridized carbons (Fsp3) is 0.214. The first kappa shape index (κ1) is 13.1. The van der Waals surface area contributed by atoms with Crippen LogP contribution in [0.5, 0.6) is 11.5 Å². The Hall–Kier alpha value is -1.39. The highest BCUT2D eigenvalue weighted by Crippen LogP contribution is 2.26. The van der Waals surface area contributed by atoms with Crippen molar-refractivity contribution >= 4 is 15.9 Å². The summed E-state index contributed by atoms with van der Waals surface area (Å²) in [5, 5.41) is 3.30. The molecule has 0 amide bonds. The van der Waals surface area contributed by atoms with E-state index in [4.69, 9.17) is 4.74 Å². The van der Waals surface area contributed by atoms with Gasteiger partial charge < -0.3 is 10.1 Å². The van der Waals surface area contributed by atoms with Crippen LogP contribution in [0.4, 0.5) is 0 Å². The predicted octanol–water partition coefficient (Wildman–Crippen LogP) is 3.75. The molecule has 0 aliphatic heterocycles. The van der Waals surface area contributed by atoms with Crippen LogP contribution in [0, 0.1) is 0 Å². The van der Waals surface area contributed by atoms with Crippen molar-refractivity contribution in [1.82, 2.24) is 10.3 Å². The van der Waals surface area contributed by atoms with E-state index < -0.39 is 0 Å². The number of halogens is 1. The average molecular weight is 307 g/mol. The van der Waals surface area contributed by atoms with Crippen LogP contribution in [0.25, 0.3) is 0 Å². The van der Waals surface area contributed by atoms with Crippen molar-refractivity contribution in [3.05, 3.63) is 52.8 Å². The molecule has 4 heteroatoms. The Morgan fingerprint density at radius 1 is 1.28 bits per heavy atom. The Labute approximate surface area is 115 Å². The van der Waals surface area contributed by atoms with E-state index in [9.17, 15) is 0 Å². The van der Waals surface area contributed by atoms with Gasteiger partial charge in [-0.2, -0.15) is 0 Å². The molecule has 0 aliphatic carbocycles. The number of aromatic nitrogens is 1. The van der Waals surface area contributed by atoms with Gasteiger partial charge in [0.25, 0.3) is 0 Å². The van der Waals surface area contributed by atoms with Crippen LogP contribution in [-0.4, -0.2) is 11.5 Å². The molecule has 0 unspecified atom stereocenters. The number of para-hydroxylation sites is 1. The van der Waals surface area contributed by atoms with Gasteiger partial charge in [0.05, 0.1) is 6.20 Å². The molecule has 0 radical (unpaired) electrons. The second kappa shape index (κ2) is 6.52. The number of nitrogens with zero attached hydrogens (tertiary/aromatic N) is 1. The molecule has 94 valence electrons. The minimum atomic E-state index is 0.730. The summed E-state index contributed by atoms with van der Waals surface area (Å²) in [6, 6.07) is 9.91. The van der Waals surface area contributed by atoms with Crippen LogP contribution in [-0.2, 0) is 6.54 Å². The smallest absolute Gasteiger partial charge is 0.146 e. The van der Waals surface area contributed by atoms with Crippen molar-refractivity contribution in [2.45, 2.75) is 13.5 Å². The van der Waals surface area contributed by atoms with Crippen LogP contribution in [0.2, 0.25) is 0 Å². The lowest BCUT2D eigenvalue weighted by Gasteiger charge is -2.11. The van der Waals surface area contributed by atoms with Gasteiger partial charge in [0.1, 0.15) is 11.5 Å². The zero-order valence-corrected chi connectivity index (χ0v) is 11.8. The third-order valence-electron chi connectivity index (χ3n) is 2.45. The highest BCUT2D eigenvalue weighted by Gasteiger charge is 2.04. The average Bonchev–Trinajstić information content (AvgIpc) is 2.38. The van der Waals surface area contributed by atoms with Gasteiger partial charge in [0, 0.05) is 22.8 Å². The Morgan fingerprint density at radius 2 is 2.11 bits per heavy atom. The van der Waals surface area contributed by atoms with Gasteiger partial charge in [-0.1, -0.05) is 25.1 Å².